The standard InChI is InChI=1S/C12H14FN3O/c1-7(2)11(15)12(17)16-9-3-4-10(13)8(5-9)6-14/h3-5,7,11H,15H2,1-2H3,(H,16,17)/t11-/m0/s1. The van der Waals surface area contributed by atoms with Gasteiger partial charge in [0.1, 0.15) is 11.9 Å². The Labute approximate surface area is 99.2 Å². The first kappa shape index (κ1) is 13.1. The molecule has 90 valence electrons. The fraction of sp³-hybridized carbons (Fsp3) is 0.333. The number of hydrogen-bond donors (Lipinski definition) is 2. The van der Waals surface area contributed by atoms with E-state index in [1.807, 2.05) is 13.8 Å². The van der Waals surface area contributed by atoms with Crippen molar-refractivity contribution in [3.8, 4) is 6.07 Å². The molecule has 5 heteroatoms. The molecule has 0 fully saturated rings. The molecule has 3 N–H and O–H groups in total. The van der Waals surface area contributed by atoms with Gasteiger partial charge < -0.3 is 11.1 Å². The Morgan fingerprint density at radius 3 is 2.71 bits per heavy atom. The van der Waals surface area contributed by atoms with Gasteiger partial charge in [-0.1, -0.05) is 13.8 Å². The first-order valence-electron chi connectivity index (χ1n) is 5.21. The number of rotatable bonds is 3. The second-order valence-electron chi connectivity index (χ2n) is 4.07. The van der Waals surface area contributed by atoms with E-state index in [2.05, 4.69) is 5.32 Å². The molecule has 1 atom stereocenters. The van der Waals surface area contributed by atoms with Crippen molar-refractivity contribution in [1.82, 2.24) is 0 Å². The first-order chi connectivity index (χ1) is 7.95. The Kier molecular flexibility index (Phi) is 4.18. The molecule has 1 amide bonds. The molecule has 1 aromatic carbocycles. The van der Waals surface area contributed by atoms with E-state index >= 15 is 0 Å². The summed E-state index contributed by atoms with van der Waals surface area (Å²) < 4.78 is 13.0. The zero-order chi connectivity index (χ0) is 13.0. The number of amides is 1. The maximum atomic E-state index is 13.0. The van der Waals surface area contributed by atoms with E-state index in [-0.39, 0.29) is 17.4 Å². The highest BCUT2D eigenvalue weighted by molar-refractivity contribution is 5.94. The molecule has 0 radical (unpaired) electrons. The van der Waals surface area contributed by atoms with Crippen LogP contribution in [0.4, 0.5) is 10.1 Å². The van der Waals surface area contributed by atoms with Crippen LogP contribution < -0.4 is 11.1 Å². The molecule has 17 heavy (non-hydrogen) atoms. The zero-order valence-corrected chi connectivity index (χ0v) is 9.70. The van der Waals surface area contributed by atoms with E-state index < -0.39 is 11.9 Å². The van der Waals surface area contributed by atoms with Crippen LogP contribution in [0, 0.1) is 23.1 Å². The van der Waals surface area contributed by atoms with Gasteiger partial charge in [-0.25, -0.2) is 4.39 Å². The molecule has 1 aromatic rings. The summed E-state index contributed by atoms with van der Waals surface area (Å²) in [6.07, 6.45) is 0. The van der Waals surface area contributed by atoms with E-state index in [1.54, 1.807) is 6.07 Å². The molecular formula is C12H14FN3O. The van der Waals surface area contributed by atoms with Gasteiger partial charge in [0.25, 0.3) is 0 Å². The molecule has 0 aliphatic heterocycles. The van der Waals surface area contributed by atoms with Crippen LogP contribution in [0.25, 0.3) is 0 Å². The number of nitriles is 1. The van der Waals surface area contributed by atoms with Gasteiger partial charge in [-0.3, -0.25) is 4.79 Å². The average molecular weight is 235 g/mol. The van der Waals surface area contributed by atoms with E-state index in [9.17, 15) is 9.18 Å². The highest BCUT2D eigenvalue weighted by atomic mass is 19.1. The lowest BCUT2D eigenvalue weighted by Gasteiger charge is -2.15. The summed E-state index contributed by atoms with van der Waals surface area (Å²) in [4.78, 5) is 11.6. The summed E-state index contributed by atoms with van der Waals surface area (Å²) in [6.45, 7) is 3.66. The number of carbonyl (C=O) groups excluding carboxylic acids is 1. The number of nitrogens with one attached hydrogen (secondary N) is 1. The number of benzene rings is 1. The number of nitrogens with two attached hydrogens (primary N) is 1. The average Bonchev–Trinajstić information content (AvgIpc) is 2.30. The van der Waals surface area contributed by atoms with Gasteiger partial charge in [0.2, 0.25) is 5.91 Å². The van der Waals surface area contributed by atoms with Crippen molar-refractivity contribution < 1.29 is 9.18 Å². The summed E-state index contributed by atoms with van der Waals surface area (Å²) in [7, 11) is 0. The molecular weight excluding hydrogens is 221 g/mol. The minimum Gasteiger partial charge on any atom is -0.325 e. The van der Waals surface area contributed by atoms with Crippen molar-refractivity contribution in [2.75, 3.05) is 5.32 Å². The molecule has 0 saturated carbocycles. The lowest BCUT2D eigenvalue weighted by Crippen LogP contribution is -2.39. The van der Waals surface area contributed by atoms with Gasteiger partial charge in [-0.2, -0.15) is 5.26 Å². The topological polar surface area (TPSA) is 78.9 Å². The lowest BCUT2D eigenvalue weighted by molar-refractivity contribution is -0.118. The Morgan fingerprint density at radius 1 is 1.53 bits per heavy atom. The van der Waals surface area contributed by atoms with E-state index in [0.29, 0.717) is 5.69 Å². The van der Waals surface area contributed by atoms with Crippen molar-refractivity contribution in [1.29, 1.82) is 5.26 Å². The molecule has 0 saturated heterocycles. The first-order valence-corrected chi connectivity index (χ1v) is 5.21. The fourth-order valence-corrected chi connectivity index (χ4v) is 1.22. The van der Waals surface area contributed by atoms with Gasteiger partial charge in [-0.15, -0.1) is 0 Å². The van der Waals surface area contributed by atoms with Crippen LogP contribution in [0.5, 0.6) is 0 Å². The largest absolute Gasteiger partial charge is 0.325 e. The van der Waals surface area contributed by atoms with Crippen LogP contribution in [0.1, 0.15) is 19.4 Å². The highest BCUT2D eigenvalue weighted by Crippen LogP contribution is 2.14. The fourth-order valence-electron chi connectivity index (χ4n) is 1.22. The molecule has 0 aliphatic rings. The van der Waals surface area contributed by atoms with Crippen molar-refractivity contribution in [3.63, 3.8) is 0 Å². The number of nitrogens with zero attached hydrogens (tertiary/aromatic N) is 1. The normalized spacial score (nSPS) is 12.0. The van der Waals surface area contributed by atoms with Crippen LogP contribution in [-0.2, 0) is 4.79 Å². The molecule has 0 unspecified atom stereocenters. The Hall–Kier alpha value is -1.93. The van der Waals surface area contributed by atoms with Crippen LogP contribution in [0.15, 0.2) is 18.2 Å². The molecule has 0 aromatic heterocycles. The van der Waals surface area contributed by atoms with Gasteiger partial charge in [0, 0.05) is 5.69 Å². The van der Waals surface area contributed by atoms with Crippen molar-refractivity contribution >= 4 is 11.6 Å². The van der Waals surface area contributed by atoms with Crippen molar-refractivity contribution in [2.45, 2.75) is 19.9 Å². The van der Waals surface area contributed by atoms with Crippen LogP contribution in [-0.4, -0.2) is 11.9 Å². The third-order valence-electron chi connectivity index (χ3n) is 2.38. The van der Waals surface area contributed by atoms with Gasteiger partial charge in [0.05, 0.1) is 11.6 Å². The Morgan fingerprint density at radius 2 is 2.18 bits per heavy atom. The molecule has 0 heterocycles. The zero-order valence-electron chi connectivity index (χ0n) is 9.70. The number of halogens is 1. The summed E-state index contributed by atoms with van der Waals surface area (Å²) in [5, 5.41) is 11.2. The van der Waals surface area contributed by atoms with Crippen LogP contribution in [0.3, 0.4) is 0 Å². The molecule has 0 aliphatic carbocycles. The SMILES string of the molecule is CC(C)[C@H](N)C(=O)Nc1ccc(F)c(C#N)c1. The smallest absolute Gasteiger partial charge is 0.241 e. The maximum absolute atomic E-state index is 13.0. The predicted molar refractivity (Wildman–Crippen MR) is 62.6 cm³/mol. The van der Waals surface area contributed by atoms with Gasteiger partial charge in [-0.05, 0) is 24.1 Å². The van der Waals surface area contributed by atoms with Gasteiger partial charge in [0.15, 0.2) is 0 Å². The molecule has 4 nitrogen and oxygen atoms in total. The van der Waals surface area contributed by atoms with E-state index in [4.69, 9.17) is 11.0 Å². The third-order valence-corrected chi connectivity index (χ3v) is 2.38. The summed E-state index contributed by atoms with van der Waals surface area (Å²) in [5.74, 6) is -0.958. The number of anilines is 1. The van der Waals surface area contributed by atoms with E-state index in [0.717, 1.165) is 6.07 Å². The Balaban J connectivity index is 2.83. The second kappa shape index (κ2) is 5.41. The summed E-state index contributed by atoms with van der Waals surface area (Å²) in [6, 6.07) is 4.87. The maximum Gasteiger partial charge on any atom is 0.241 e. The summed E-state index contributed by atoms with van der Waals surface area (Å²) in [5.41, 5.74) is 5.91. The van der Waals surface area contributed by atoms with E-state index in [1.165, 1.54) is 12.1 Å². The minimum absolute atomic E-state index is 0.00545. The van der Waals surface area contributed by atoms with Crippen LogP contribution in [0.2, 0.25) is 0 Å². The second-order valence-corrected chi connectivity index (χ2v) is 4.07. The van der Waals surface area contributed by atoms with Crippen LogP contribution >= 0.6 is 0 Å². The molecule has 0 bridgehead atoms. The third kappa shape index (κ3) is 3.26. The monoisotopic (exact) mass is 235 g/mol. The summed E-state index contributed by atoms with van der Waals surface area (Å²) >= 11 is 0. The van der Waals surface area contributed by atoms with Gasteiger partial charge >= 0.3 is 0 Å². The minimum atomic E-state index is -0.634. The van der Waals surface area contributed by atoms with Crippen molar-refractivity contribution in [2.24, 2.45) is 11.7 Å². The molecule has 0 spiro atoms. The lowest BCUT2D eigenvalue weighted by atomic mass is 10.0. The number of hydrogen-bond acceptors (Lipinski definition) is 3. The number of carbonyl (C=O) groups is 1. The quantitative estimate of drug-likeness (QED) is 0.835. The van der Waals surface area contributed by atoms with Crippen molar-refractivity contribution in [3.05, 3.63) is 29.6 Å². The Bertz CT molecular complexity index is 465. The highest BCUT2D eigenvalue weighted by Gasteiger charge is 2.17. The predicted octanol–water partition coefficient (Wildman–Crippen LogP) is 1.62. The molecule has 1 rings (SSSR count).